The lowest BCUT2D eigenvalue weighted by Gasteiger charge is -2.29. The molecule has 0 saturated heterocycles. The second-order valence-electron chi connectivity index (χ2n) is 9.51. The van der Waals surface area contributed by atoms with Gasteiger partial charge in [0, 0.05) is 18.3 Å². The molecule has 2 aliphatic rings. The van der Waals surface area contributed by atoms with E-state index in [-0.39, 0.29) is 11.3 Å². The average molecular weight is 457 g/mol. The van der Waals surface area contributed by atoms with Crippen LogP contribution in [0, 0.1) is 0 Å². The van der Waals surface area contributed by atoms with Gasteiger partial charge >= 0.3 is 6.61 Å². The summed E-state index contributed by atoms with van der Waals surface area (Å²) in [7, 11) is 1.86. The first-order valence-corrected chi connectivity index (χ1v) is 12.2. The Bertz CT molecular complexity index is 930. The minimum absolute atomic E-state index is 0.0499. The van der Waals surface area contributed by atoms with E-state index in [4.69, 9.17) is 10.5 Å². The Hall–Kier alpha value is -2.63. The zero-order chi connectivity index (χ0) is 23.4. The van der Waals surface area contributed by atoms with Crippen LogP contribution in [0.15, 0.2) is 36.4 Å². The molecule has 0 heterocycles. The van der Waals surface area contributed by atoms with E-state index >= 15 is 0 Å². The van der Waals surface area contributed by atoms with Crippen molar-refractivity contribution in [1.29, 1.82) is 0 Å². The molecule has 0 radical (unpaired) electrons. The average Bonchev–Trinajstić information content (AvgIpc) is 2.84. The van der Waals surface area contributed by atoms with Crippen LogP contribution in [0.1, 0.15) is 97.5 Å². The molecule has 4 rings (SSSR count). The van der Waals surface area contributed by atoms with Crippen LogP contribution in [0.3, 0.4) is 0 Å². The second kappa shape index (κ2) is 10.5. The van der Waals surface area contributed by atoms with Crippen molar-refractivity contribution in [3.63, 3.8) is 0 Å². The standard InChI is InChI=1S/C27H34F2N2O2/c1-31(24-13-12-20(26(30)32)17-25(24)33-27(28)29)23-15-21(18-8-4-2-5-9-18)14-22(16-23)19-10-6-3-7-11-19/h12-19,27H,2-11H2,1H3,(H2,30,32). The minimum Gasteiger partial charge on any atom is -0.433 e. The highest BCUT2D eigenvalue weighted by atomic mass is 19.3. The Kier molecular flexibility index (Phi) is 7.51. The first-order chi connectivity index (χ1) is 15.9. The van der Waals surface area contributed by atoms with Crippen molar-refractivity contribution in [2.45, 2.75) is 82.7 Å². The molecular formula is C27H34F2N2O2. The molecule has 0 atom stereocenters. The molecule has 2 saturated carbocycles. The molecule has 0 spiro atoms. The van der Waals surface area contributed by atoms with Gasteiger partial charge in [-0.25, -0.2) is 0 Å². The van der Waals surface area contributed by atoms with Crippen molar-refractivity contribution in [2.75, 3.05) is 11.9 Å². The van der Waals surface area contributed by atoms with Gasteiger partial charge < -0.3 is 15.4 Å². The fraction of sp³-hybridized carbons (Fsp3) is 0.519. The third kappa shape index (κ3) is 5.66. The van der Waals surface area contributed by atoms with Crippen LogP contribution >= 0.6 is 0 Å². The summed E-state index contributed by atoms with van der Waals surface area (Å²) in [6.07, 6.45) is 12.4. The summed E-state index contributed by atoms with van der Waals surface area (Å²) in [5.74, 6) is 0.361. The van der Waals surface area contributed by atoms with E-state index in [9.17, 15) is 13.6 Å². The van der Waals surface area contributed by atoms with E-state index in [1.165, 1.54) is 81.4 Å². The molecule has 0 aliphatic heterocycles. The summed E-state index contributed by atoms with van der Waals surface area (Å²) in [5, 5.41) is 0. The normalized spacial score (nSPS) is 17.8. The largest absolute Gasteiger partial charge is 0.433 e. The summed E-state index contributed by atoms with van der Waals surface area (Å²) in [6.45, 7) is -2.99. The first-order valence-electron chi connectivity index (χ1n) is 12.2. The number of nitrogens with zero attached hydrogens (tertiary/aromatic N) is 1. The van der Waals surface area contributed by atoms with E-state index in [0.717, 1.165) is 5.69 Å². The molecule has 1 amide bonds. The fourth-order valence-electron chi connectivity index (χ4n) is 5.47. The van der Waals surface area contributed by atoms with Gasteiger partial charge in [0.25, 0.3) is 0 Å². The monoisotopic (exact) mass is 456 g/mol. The van der Waals surface area contributed by atoms with E-state index in [2.05, 4.69) is 18.2 Å². The molecule has 6 heteroatoms. The number of alkyl halides is 2. The Morgan fingerprint density at radius 3 is 1.94 bits per heavy atom. The van der Waals surface area contributed by atoms with Crippen molar-refractivity contribution in [2.24, 2.45) is 5.73 Å². The molecule has 2 N–H and O–H groups in total. The zero-order valence-electron chi connectivity index (χ0n) is 19.4. The number of amides is 1. The number of carbonyl (C=O) groups excluding carboxylic acids is 1. The van der Waals surface area contributed by atoms with Crippen LogP contribution in [0.25, 0.3) is 0 Å². The number of carbonyl (C=O) groups is 1. The molecule has 0 aromatic heterocycles. The predicted molar refractivity (Wildman–Crippen MR) is 128 cm³/mol. The third-order valence-corrected chi connectivity index (χ3v) is 7.32. The van der Waals surface area contributed by atoms with Gasteiger partial charge in [-0.05, 0) is 79.0 Å². The van der Waals surface area contributed by atoms with Crippen LogP contribution in [0.2, 0.25) is 0 Å². The highest BCUT2D eigenvalue weighted by molar-refractivity contribution is 5.94. The lowest BCUT2D eigenvalue weighted by molar-refractivity contribution is -0.0494. The van der Waals surface area contributed by atoms with Crippen molar-refractivity contribution < 1.29 is 18.3 Å². The Morgan fingerprint density at radius 1 is 0.909 bits per heavy atom. The fourth-order valence-corrected chi connectivity index (χ4v) is 5.47. The van der Waals surface area contributed by atoms with Gasteiger partial charge in [0.1, 0.15) is 0 Å². The van der Waals surface area contributed by atoms with Gasteiger partial charge in [0.2, 0.25) is 5.91 Å². The lowest BCUT2D eigenvalue weighted by Crippen LogP contribution is -2.17. The molecule has 33 heavy (non-hydrogen) atoms. The lowest BCUT2D eigenvalue weighted by atomic mass is 9.79. The number of primary amides is 1. The Balaban J connectivity index is 1.74. The number of ether oxygens (including phenoxy) is 1. The van der Waals surface area contributed by atoms with Crippen LogP contribution in [-0.4, -0.2) is 19.6 Å². The smallest absolute Gasteiger partial charge is 0.387 e. The van der Waals surface area contributed by atoms with Crippen molar-refractivity contribution in [1.82, 2.24) is 0 Å². The SMILES string of the molecule is CN(c1cc(C2CCCCC2)cc(C2CCCCC2)c1)c1ccc(C(N)=O)cc1OC(F)F. The van der Waals surface area contributed by atoms with Gasteiger partial charge in [-0.3, -0.25) is 4.79 Å². The van der Waals surface area contributed by atoms with E-state index in [0.29, 0.717) is 17.5 Å². The maximum absolute atomic E-state index is 13.2. The molecule has 2 aromatic carbocycles. The van der Waals surface area contributed by atoms with Gasteiger partial charge in [-0.2, -0.15) is 8.78 Å². The van der Waals surface area contributed by atoms with E-state index < -0.39 is 12.5 Å². The molecule has 2 aliphatic carbocycles. The topological polar surface area (TPSA) is 55.6 Å². The predicted octanol–water partition coefficient (Wildman–Crippen LogP) is 7.25. The van der Waals surface area contributed by atoms with Gasteiger partial charge in [-0.1, -0.05) is 44.6 Å². The number of anilines is 2. The van der Waals surface area contributed by atoms with Crippen molar-refractivity contribution in [3.8, 4) is 5.75 Å². The first kappa shape index (κ1) is 23.5. The minimum atomic E-state index is -2.99. The summed E-state index contributed by atoms with van der Waals surface area (Å²) >= 11 is 0. The maximum Gasteiger partial charge on any atom is 0.387 e. The Labute approximate surface area is 195 Å². The number of benzene rings is 2. The number of rotatable bonds is 7. The van der Waals surface area contributed by atoms with Crippen LogP contribution in [0.5, 0.6) is 5.75 Å². The van der Waals surface area contributed by atoms with Crippen LogP contribution in [0.4, 0.5) is 20.2 Å². The molecule has 0 unspecified atom stereocenters. The molecule has 2 aromatic rings. The van der Waals surface area contributed by atoms with E-state index in [1.807, 2.05) is 11.9 Å². The summed E-state index contributed by atoms with van der Waals surface area (Å²) in [6, 6.07) is 11.3. The second-order valence-corrected chi connectivity index (χ2v) is 9.51. The van der Waals surface area contributed by atoms with Gasteiger partial charge in [-0.15, -0.1) is 0 Å². The number of nitrogens with two attached hydrogens (primary N) is 1. The molecule has 178 valence electrons. The van der Waals surface area contributed by atoms with Crippen LogP contribution in [-0.2, 0) is 0 Å². The summed E-state index contributed by atoms with van der Waals surface area (Å²) in [4.78, 5) is 13.5. The van der Waals surface area contributed by atoms with Crippen LogP contribution < -0.4 is 15.4 Å². The molecular weight excluding hydrogens is 422 g/mol. The number of hydrogen-bond donors (Lipinski definition) is 1. The number of halogens is 2. The molecule has 4 nitrogen and oxygen atoms in total. The summed E-state index contributed by atoms with van der Waals surface area (Å²) in [5.41, 5.74) is 9.65. The number of hydrogen-bond acceptors (Lipinski definition) is 3. The molecule has 0 bridgehead atoms. The van der Waals surface area contributed by atoms with Gasteiger partial charge in [0.05, 0.1) is 5.69 Å². The van der Waals surface area contributed by atoms with E-state index in [1.54, 1.807) is 12.1 Å². The maximum atomic E-state index is 13.2. The quantitative estimate of drug-likeness (QED) is 0.477. The van der Waals surface area contributed by atoms with Gasteiger partial charge in [0.15, 0.2) is 5.75 Å². The van der Waals surface area contributed by atoms with Crippen molar-refractivity contribution >= 4 is 17.3 Å². The molecule has 2 fully saturated rings. The highest BCUT2D eigenvalue weighted by Gasteiger charge is 2.23. The highest BCUT2D eigenvalue weighted by Crippen LogP contribution is 2.42. The van der Waals surface area contributed by atoms with Crippen molar-refractivity contribution in [3.05, 3.63) is 53.1 Å². The Morgan fingerprint density at radius 2 is 1.45 bits per heavy atom. The summed E-state index contributed by atoms with van der Waals surface area (Å²) < 4.78 is 31.1. The third-order valence-electron chi connectivity index (χ3n) is 7.32. The zero-order valence-corrected chi connectivity index (χ0v) is 19.4.